The Kier molecular flexibility index (Phi) is 7.89. The van der Waals surface area contributed by atoms with Crippen molar-refractivity contribution in [2.45, 2.75) is 6.61 Å². The van der Waals surface area contributed by atoms with E-state index in [0.29, 0.717) is 32.1 Å². The first-order valence-electron chi connectivity index (χ1n) is 8.98. The number of nitrogens with one attached hydrogen (secondary N) is 2. The second kappa shape index (κ2) is 10.8. The number of anilines is 1. The van der Waals surface area contributed by atoms with Gasteiger partial charge in [0.15, 0.2) is 0 Å². The van der Waals surface area contributed by atoms with Gasteiger partial charge in [-0.3, -0.25) is 9.59 Å². The van der Waals surface area contributed by atoms with E-state index in [1.807, 2.05) is 6.07 Å². The first-order chi connectivity index (χ1) is 14.9. The van der Waals surface area contributed by atoms with Crippen molar-refractivity contribution in [2.24, 2.45) is 5.10 Å². The largest absolute Gasteiger partial charge is 0.488 e. The molecule has 0 aliphatic rings. The van der Waals surface area contributed by atoms with E-state index in [-0.39, 0.29) is 6.61 Å². The second-order valence-electron chi connectivity index (χ2n) is 6.24. The van der Waals surface area contributed by atoms with Gasteiger partial charge in [-0.05, 0) is 48.0 Å². The maximum absolute atomic E-state index is 12.0. The van der Waals surface area contributed by atoms with Gasteiger partial charge in [0.25, 0.3) is 0 Å². The van der Waals surface area contributed by atoms with E-state index in [0.717, 1.165) is 5.56 Å². The smallest absolute Gasteiger partial charge is 0.329 e. The van der Waals surface area contributed by atoms with E-state index in [2.05, 4.69) is 15.8 Å². The molecular weight excluding hydrogens is 461 g/mol. The molecule has 0 saturated carbocycles. The Hall–Kier alpha value is -3.06. The fraction of sp³-hybridized carbons (Fsp3) is 0.0455. The average Bonchev–Trinajstić information content (AvgIpc) is 2.75. The molecule has 9 heteroatoms. The van der Waals surface area contributed by atoms with Crippen LogP contribution in [0.2, 0.25) is 15.1 Å². The van der Waals surface area contributed by atoms with Crippen LogP contribution in [0.4, 0.5) is 5.69 Å². The Labute approximate surface area is 193 Å². The summed E-state index contributed by atoms with van der Waals surface area (Å²) in [6, 6.07) is 18.8. The van der Waals surface area contributed by atoms with Crippen molar-refractivity contribution in [3.05, 3.63) is 92.9 Å². The maximum Gasteiger partial charge on any atom is 0.329 e. The molecule has 0 bridgehead atoms. The molecule has 158 valence electrons. The number of ether oxygens (including phenoxy) is 1. The molecule has 3 aromatic carbocycles. The van der Waals surface area contributed by atoms with Crippen LogP contribution in [0, 0.1) is 0 Å². The molecule has 2 amide bonds. The van der Waals surface area contributed by atoms with Gasteiger partial charge in [0.1, 0.15) is 12.4 Å². The zero-order valence-electron chi connectivity index (χ0n) is 15.9. The van der Waals surface area contributed by atoms with Crippen LogP contribution >= 0.6 is 34.8 Å². The van der Waals surface area contributed by atoms with Crippen molar-refractivity contribution >= 4 is 58.5 Å². The Balaban J connectivity index is 1.58. The Morgan fingerprint density at radius 3 is 2.48 bits per heavy atom. The van der Waals surface area contributed by atoms with Crippen molar-refractivity contribution < 1.29 is 14.3 Å². The van der Waals surface area contributed by atoms with Gasteiger partial charge < -0.3 is 10.1 Å². The van der Waals surface area contributed by atoms with Gasteiger partial charge in [-0.2, -0.15) is 5.10 Å². The summed E-state index contributed by atoms with van der Waals surface area (Å²) < 4.78 is 5.82. The summed E-state index contributed by atoms with van der Waals surface area (Å²) in [5.74, 6) is -1.26. The van der Waals surface area contributed by atoms with E-state index in [1.54, 1.807) is 54.6 Å². The van der Waals surface area contributed by atoms with Crippen LogP contribution < -0.4 is 15.5 Å². The van der Waals surface area contributed by atoms with Gasteiger partial charge in [-0.25, -0.2) is 5.43 Å². The van der Waals surface area contributed by atoms with E-state index >= 15 is 0 Å². The molecule has 0 atom stereocenters. The molecule has 0 aromatic heterocycles. The lowest BCUT2D eigenvalue weighted by molar-refractivity contribution is -0.136. The minimum Gasteiger partial charge on any atom is -0.488 e. The monoisotopic (exact) mass is 475 g/mol. The van der Waals surface area contributed by atoms with E-state index < -0.39 is 11.8 Å². The number of carbonyl (C=O) groups excluding carboxylic acids is 2. The molecule has 31 heavy (non-hydrogen) atoms. The van der Waals surface area contributed by atoms with Crippen LogP contribution in [0.25, 0.3) is 0 Å². The highest BCUT2D eigenvalue weighted by Crippen LogP contribution is 2.24. The average molecular weight is 477 g/mol. The number of benzene rings is 3. The number of rotatable bonds is 6. The van der Waals surface area contributed by atoms with Gasteiger partial charge in [-0.15, -0.1) is 0 Å². The molecule has 0 aliphatic heterocycles. The van der Waals surface area contributed by atoms with Gasteiger partial charge in [0.05, 0.1) is 16.3 Å². The van der Waals surface area contributed by atoms with Crippen LogP contribution in [0.15, 0.2) is 71.8 Å². The molecule has 0 spiro atoms. The summed E-state index contributed by atoms with van der Waals surface area (Å²) in [4.78, 5) is 23.9. The molecule has 0 radical (unpaired) electrons. The normalized spacial score (nSPS) is 10.7. The first-order valence-corrected chi connectivity index (χ1v) is 10.1. The number of nitrogens with zero attached hydrogens (tertiary/aromatic N) is 1. The van der Waals surface area contributed by atoms with Gasteiger partial charge >= 0.3 is 11.8 Å². The highest BCUT2D eigenvalue weighted by molar-refractivity contribution is 6.42. The number of halogens is 3. The number of amides is 2. The molecule has 3 aromatic rings. The van der Waals surface area contributed by atoms with Gasteiger partial charge in [0, 0.05) is 16.3 Å². The minimum absolute atomic E-state index is 0.260. The summed E-state index contributed by atoms with van der Waals surface area (Å²) in [6.07, 6.45) is 1.38. The second-order valence-corrected chi connectivity index (χ2v) is 7.49. The molecule has 0 heterocycles. The van der Waals surface area contributed by atoms with Crippen LogP contribution in [0.1, 0.15) is 11.1 Å². The summed E-state index contributed by atoms with van der Waals surface area (Å²) in [7, 11) is 0. The van der Waals surface area contributed by atoms with Crippen molar-refractivity contribution in [3.63, 3.8) is 0 Å². The lowest BCUT2D eigenvalue weighted by Gasteiger charge is -2.09. The van der Waals surface area contributed by atoms with Crippen molar-refractivity contribution in [1.29, 1.82) is 0 Å². The number of para-hydroxylation sites is 1. The van der Waals surface area contributed by atoms with E-state index in [4.69, 9.17) is 39.5 Å². The Bertz CT molecular complexity index is 1140. The molecule has 6 nitrogen and oxygen atoms in total. The number of carbonyl (C=O) groups is 2. The van der Waals surface area contributed by atoms with E-state index in [9.17, 15) is 9.59 Å². The topological polar surface area (TPSA) is 79.8 Å². The molecule has 0 saturated heterocycles. The third-order valence-electron chi connectivity index (χ3n) is 3.96. The number of hydrazone groups is 1. The standard InChI is InChI=1S/C22H16Cl3N3O3/c23-16-5-3-6-17(11-16)27-21(29)22(30)28-26-12-15-4-1-2-7-20(15)31-13-14-8-9-18(24)19(25)10-14/h1-12H,13H2,(H,27,29)(H,28,30)/b26-12-. The van der Waals surface area contributed by atoms with Crippen molar-refractivity contribution in [1.82, 2.24) is 5.43 Å². The lowest BCUT2D eigenvalue weighted by atomic mass is 10.2. The van der Waals surface area contributed by atoms with Crippen LogP contribution in [-0.4, -0.2) is 18.0 Å². The van der Waals surface area contributed by atoms with Gasteiger partial charge in [0.2, 0.25) is 0 Å². The minimum atomic E-state index is -0.926. The maximum atomic E-state index is 12.0. The van der Waals surface area contributed by atoms with Crippen LogP contribution in [0.5, 0.6) is 5.75 Å². The predicted molar refractivity (Wildman–Crippen MR) is 123 cm³/mol. The van der Waals surface area contributed by atoms with Crippen molar-refractivity contribution in [2.75, 3.05) is 5.32 Å². The van der Waals surface area contributed by atoms with Crippen LogP contribution in [0.3, 0.4) is 0 Å². The molecule has 0 fully saturated rings. The molecule has 0 unspecified atom stereocenters. The third kappa shape index (κ3) is 6.72. The fourth-order valence-corrected chi connectivity index (χ4v) is 2.99. The SMILES string of the molecule is O=C(N/N=C\c1ccccc1OCc1ccc(Cl)c(Cl)c1)C(=O)Nc1cccc(Cl)c1. The molecule has 0 aliphatic carbocycles. The number of hydrogen-bond donors (Lipinski definition) is 2. The van der Waals surface area contributed by atoms with Gasteiger partial charge in [-0.1, -0.05) is 59.1 Å². The first kappa shape index (κ1) is 22.6. The molecular formula is C22H16Cl3N3O3. The predicted octanol–water partition coefficient (Wildman–Crippen LogP) is 5.31. The summed E-state index contributed by atoms with van der Waals surface area (Å²) in [6.45, 7) is 0.260. The summed E-state index contributed by atoms with van der Waals surface area (Å²) in [5, 5.41) is 7.61. The van der Waals surface area contributed by atoms with E-state index in [1.165, 1.54) is 12.3 Å². The molecule has 3 rings (SSSR count). The zero-order valence-corrected chi connectivity index (χ0v) is 18.2. The molecule has 2 N–H and O–H groups in total. The van der Waals surface area contributed by atoms with Crippen LogP contribution in [-0.2, 0) is 16.2 Å². The number of hydrogen-bond acceptors (Lipinski definition) is 4. The quantitative estimate of drug-likeness (QED) is 0.287. The highest BCUT2D eigenvalue weighted by atomic mass is 35.5. The Morgan fingerprint density at radius 1 is 0.903 bits per heavy atom. The summed E-state index contributed by atoms with van der Waals surface area (Å²) in [5.41, 5.74) is 4.03. The Morgan fingerprint density at radius 2 is 1.71 bits per heavy atom. The third-order valence-corrected chi connectivity index (χ3v) is 4.93. The highest BCUT2D eigenvalue weighted by Gasteiger charge is 2.13. The zero-order chi connectivity index (χ0) is 22.2. The fourth-order valence-electron chi connectivity index (χ4n) is 2.47. The van der Waals surface area contributed by atoms with Crippen molar-refractivity contribution in [3.8, 4) is 5.75 Å². The lowest BCUT2D eigenvalue weighted by Crippen LogP contribution is -2.32. The summed E-state index contributed by atoms with van der Waals surface area (Å²) >= 11 is 17.8.